The second-order valence-electron chi connectivity index (χ2n) is 4.05. The van der Waals surface area contributed by atoms with Gasteiger partial charge in [-0.1, -0.05) is 11.6 Å². The van der Waals surface area contributed by atoms with Gasteiger partial charge in [-0.25, -0.2) is 15.0 Å². The van der Waals surface area contributed by atoms with Gasteiger partial charge in [-0.15, -0.1) is 0 Å². The third-order valence-corrected chi connectivity index (χ3v) is 3.39. The highest BCUT2D eigenvalue weighted by Gasteiger charge is 2.28. The first-order valence-corrected chi connectivity index (χ1v) is 5.66. The van der Waals surface area contributed by atoms with Crippen LogP contribution in [-0.4, -0.2) is 30.7 Å². The van der Waals surface area contributed by atoms with Gasteiger partial charge in [0.05, 0.1) is 18.5 Å². The van der Waals surface area contributed by atoms with Gasteiger partial charge in [0.25, 0.3) is 0 Å². The first kappa shape index (κ1) is 9.99. The van der Waals surface area contributed by atoms with E-state index in [1.54, 1.807) is 6.33 Å². The van der Waals surface area contributed by atoms with Crippen molar-refractivity contribution in [1.82, 2.24) is 19.5 Å². The second-order valence-corrected chi connectivity index (χ2v) is 4.41. The third kappa shape index (κ3) is 1.39. The number of imidazole rings is 1. The molecule has 2 aromatic rings. The van der Waals surface area contributed by atoms with Crippen molar-refractivity contribution < 1.29 is 5.11 Å². The van der Waals surface area contributed by atoms with Crippen molar-refractivity contribution in [1.29, 1.82) is 0 Å². The minimum absolute atomic E-state index is 0.0657. The highest BCUT2D eigenvalue weighted by atomic mass is 35.5. The lowest BCUT2D eigenvalue weighted by Crippen LogP contribution is -2.17. The number of hydrogen-bond acceptors (Lipinski definition) is 4. The Labute approximate surface area is 97.1 Å². The number of fused-ring (bicyclic) bond motifs is 1. The van der Waals surface area contributed by atoms with Crippen molar-refractivity contribution in [3.8, 4) is 0 Å². The topological polar surface area (TPSA) is 63.8 Å². The van der Waals surface area contributed by atoms with Gasteiger partial charge in [-0.2, -0.15) is 0 Å². The molecule has 0 aromatic carbocycles. The van der Waals surface area contributed by atoms with E-state index in [-0.39, 0.29) is 12.1 Å². The standard InChI is InChI=1S/C10H11ClN4O/c11-9-8-10(13-4-12-9)15(5-14-8)6-2-1-3-7(6)16/h4-7,16H,1-3H2/t6-,7-/m1/s1. The monoisotopic (exact) mass is 238 g/mol. The maximum Gasteiger partial charge on any atom is 0.165 e. The molecule has 2 atom stereocenters. The fourth-order valence-corrected chi connectivity index (χ4v) is 2.49. The lowest BCUT2D eigenvalue weighted by atomic mass is 10.2. The summed E-state index contributed by atoms with van der Waals surface area (Å²) in [7, 11) is 0. The van der Waals surface area contributed by atoms with E-state index in [0.717, 1.165) is 19.3 Å². The number of aliphatic hydroxyl groups excluding tert-OH is 1. The third-order valence-electron chi connectivity index (χ3n) is 3.12. The van der Waals surface area contributed by atoms with Gasteiger partial charge in [-0.3, -0.25) is 0 Å². The van der Waals surface area contributed by atoms with Crippen LogP contribution in [0.5, 0.6) is 0 Å². The van der Waals surface area contributed by atoms with Crippen LogP contribution in [0.3, 0.4) is 0 Å². The lowest BCUT2D eigenvalue weighted by molar-refractivity contribution is 0.138. The van der Waals surface area contributed by atoms with Crippen molar-refractivity contribution >= 4 is 22.8 Å². The van der Waals surface area contributed by atoms with E-state index in [4.69, 9.17) is 11.6 Å². The van der Waals surface area contributed by atoms with Gasteiger partial charge in [0.15, 0.2) is 10.8 Å². The van der Waals surface area contributed by atoms with Crippen molar-refractivity contribution in [2.24, 2.45) is 0 Å². The Kier molecular flexibility index (Phi) is 2.29. The van der Waals surface area contributed by atoms with E-state index in [2.05, 4.69) is 15.0 Å². The summed E-state index contributed by atoms with van der Waals surface area (Å²) in [4.78, 5) is 12.2. The Morgan fingerprint density at radius 1 is 1.31 bits per heavy atom. The van der Waals surface area contributed by atoms with Crippen molar-refractivity contribution in [2.45, 2.75) is 31.4 Å². The fraction of sp³-hybridized carbons (Fsp3) is 0.500. The van der Waals surface area contributed by atoms with E-state index in [9.17, 15) is 5.11 Å². The molecule has 0 radical (unpaired) electrons. The maximum atomic E-state index is 9.86. The van der Waals surface area contributed by atoms with Gasteiger partial charge in [0.2, 0.25) is 0 Å². The molecular weight excluding hydrogens is 228 g/mol. The first-order chi connectivity index (χ1) is 7.77. The molecule has 1 saturated carbocycles. The minimum atomic E-state index is -0.314. The van der Waals surface area contributed by atoms with Crippen LogP contribution in [0.25, 0.3) is 11.2 Å². The summed E-state index contributed by atoms with van der Waals surface area (Å²) in [6.07, 6.45) is 5.61. The highest BCUT2D eigenvalue weighted by Crippen LogP contribution is 2.32. The molecule has 1 aliphatic carbocycles. The average Bonchev–Trinajstić information content (AvgIpc) is 2.84. The highest BCUT2D eigenvalue weighted by molar-refractivity contribution is 6.33. The van der Waals surface area contributed by atoms with Crippen LogP contribution in [0.4, 0.5) is 0 Å². The molecule has 6 heteroatoms. The molecule has 2 heterocycles. The Hall–Kier alpha value is -1.20. The maximum absolute atomic E-state index is 9.86. The Bertz CT molecular complexity index is 527. The fourth-order valence-electron chi connectivity index (χ4n) is 2.31. The molecular formula is C10H11ClN4O. The van der Waals surface area contributed by atoms with Crippen LogP contribution in [0, 0.1) is 0 Å². The number of aromatic nitrogens is 4. The predicted octanol–water partition coefficient (Wildman–Crippen LogP) is 1.57. The summed E-state index contributed by atoms with van der Waals surface area (Å²) in [5.41, 5.74) is 1.30. The molecule has 0 aliphatic heterocycles. The molecule has 0 unspecified atom stereocenters. The molecule has 0 bridgehead atoms. The van der Waals surface area contributed by atoms with Crippen LogP contribution >= 0.6 is 11.6 Å². The average molecular weight is 239 g/mol. The van der Waals surface area contributed by atoms with Gasteiger partial charge in [-0.05, 0) is 19.3 Å². The van der Waals surface area contributed by atoms with Crippen molar-refractivity contribution in [3.05, 3.63) is 17.8 Å². The molecule has 16 heavy (non-hydrogen) atoms. The molecule has 3 rings (SSSR count). The summed E-state index contributed by atoms with van der Waals surface area (Å²) in [6, 6.07) is 0.0657. The number of aliphatic hydroxyl groups is 1. The minimum Gasteiger partial charge on any atom is -0.391 e. The normalized spacial score (nSPS) is 25.4. The molecule has 5 nitrogen and oxygen atoms in total. The molecule has 1 aliphatic rings. The van der Waals surface area contributed by atoms with Crippen molar-refractivity contribution in [2.75, 3.05) is 0 Å². The Morgan fingerprint density at radius 2 is 2.19 bits per heavy atom. The molecule has 1 N–H and O–H groups in total. The largest absolute Gasteiger partial charge is 0.391 e. The summed E-state index contributed by atoms with van der Waals surface area (Å²) in [6.45, 7) is 0. The van der Waals surface area contributed by atoms with E-state index in [1.165, 1.54) is 6.33 Å². The Balaban J connectivity index is 2.14. The van der Waals surface area contributed by atoms with Crippen molar-refractivity contribution in [3.63, 3.8) is 0 Å². The number of nitrogens with zero attached hydrogens (tertiary/aromatic N) is 4. The molecule has 2 aromatic heterocycles. The van der Waals surface area contributed by atoms with Crippen LogP contribution < -0.4 is 0 Å². The van der Waals surface area contributed by atoms with Crippen LogP contribution in [0.15, 0.2) is 12.7 Å². The molecule has 1 fully saturated rings. The van der Waals surface area contributed by atoms with Gasteiger partial charge in [0, 0.05) is 0 Å². The van der Waals surface area contributed by atoms with E-state index in [0.29, 0.717) is 16.3 Å². The lowest BCUT2D eigenvalue weighted by Gasteiger charge is -2.16. The van der Waals surface area contributed by atoms with E-state index >= 15 is 0 Å². The van der Waals surface area contributed by atoms with Gasteiger partial charge < -0.3 is 9.67 Å². The van der Waals surface area contributed by atoms with E-state index < -0.39 is 0 Å². The van der Waals surface area contributed by atoms with E-state index in [1.807, 2.05) is 4.57 Å². The quantitative estimate of drug-likeness (QED) is 0.766. The van der Waals surface area contributed by atoms with Gasteiger partial charge in [0.1, 0.15) is 11.8 Å². The molecule has 84 valence electrons. The van der Waals surface area contributed by atoms with Crippen LogP contribution in [0.2, 0.25) is 5.15 Å². The SMILES string of the molecule is O[C@@H]1CCC[C@H]1n1cnc2c(Cl)ncnc21. The van der Waals surface area contributed by atoms with Crippen LogP contribution in [0.1, 0.15) is 25.3 Å². The second kappa shape index (κ2) is 3.68. The summed E-state index contributed by atoms with van der Waals surface area (Å²) >= 11 is 5.92. The Morgan fingerprint density at radius 3 is 2.94 bits per heavy atom. The number of rotatable bonds is 1. The van der Waals surface area contributed by atoms with Gasteiger partial charge >= 0.3 is 0 Å². The number of hydrogen-bond donors (Lipinski definition) is 1. The molecule has 0 saturated heterocycles. The summed E-state index contributed by atoms with van der Waals surface area (Å²) < 4.78 is 1.90. The zero-order valence-electron chi connectivity index (χ0n) is 8.54. The zero-order chi connectivity index (χ0) is 11.1. The smallest absolute Gasteiger partial charge is 0.165 e. The summed E-state index contributed by atoms with van der Waals surface area (Å²) in [5, 5.41) is 10.2. The van der Waals surface area contributed by atoms with Crippen LogP contribution in [-0.2, 0) is 0 Å². The molecule has 0 amide bonds. The molecule has 0 spiro atoms. The predicted molar refractivity (Wildman–Crippen MR) is 59.2 cm³/mol. The first-order valence-electron chi connectivity index (χ1n) is 5.28. The summed E-state index contributed by atoms with van der Waals surface area (Å²) in [5.74, 6) is 0. The number of halogens is 1. The zero-order valence-corrected chi connectivity index (χ0v) is 9.30.